The van der Waals surface area contributed by atoms with E-state index in [1.807, 2.05) is 18.0 Å². The van der Waals surface area contributed by atoms with Crippen LogP contribution in [-0.4, -0.2) is 34.8 Å². The molecule has 0 amide bonds. The van der Waals surface area contributed by atoms with Gasteiger partial charge in [-0.05, 0) is 32.1 Å². The van der Waals surface area contributed by atoms with Gasteiger partial charge in [-0.25, -0.2) is 0 Å². The van der Waals surface area contributed by atoms with Crippen LogP contribution in [0.25, 0.3) is 0 Å². The van der Waals surface area contributed by atoms with Gasteiger partial charge in [-0.3, -0.25) is 0 Å². The molecule has 17 heavy (non-hydrogen) atoms. The number of hydrogen-bond donors (Lipinski definition) is 1. The lowest BCUT2D eigenvalue weighted by Gasteiger charge is -2.10. The summed E-state index contributed by atoms with van der Waals surface area (Å²) in [7, 11) is 0. The monoisotopic (exact) mass is 289 g/mol. The molecule has 1 N–H and O–H groups in total. The molecule has 1 aliphatic carbocycles. The number of nitrogens with one attached hydrogen (secondary N) is 1. The summed E-state index contributed by atoms with van der Waals surface area (Å²) in [5.41, 5.74) is 0. The van der Waals surface area contributed by atoms with Crippen LogP contribution in [0.4, 0.5) is 0 Å². The van der Waals surface area contributed by atoms with E-state index >= 15 is 0 Å². The Hall–Kier alpha value is 0.220. The van der Waals surface area contributed by atoms with Crippen molar-refractivity contribution in [1.29, 1.82) is 0 Å². The average molecular weight is 289 g/mol. The minimum atomic E-state index is 0.796. The Morgan fingerprint density at radius 2 is 2.06 bits per heavy atom. The Morgan fingerprint density at radius 1 is 1.29 bits per heavy atom. The van der Waals surface area contributed by atoms with Gasteiger partial charge in [0.1, 0.15) is 0 Å². The Balaban J connectivity index is 1.53. The Labute approximate surface area is 116 Å². The van der Waals surface area contributed by atoms with Crippen molar-refractivity contribution in [2.75, 3.05) is 18.6 Å². The summed E-state index contributed by atoms with van der Waals surface area (Å²) in [6, 6.07) is 0.796. The number of nitrogens with zero attached hydrogens (tertiary/aromatic N) is 2. The zero-order valence-corrected chi connectivity index (χ0v) is 12.6. The zero-order chi connectivity index (χ0) is 11.9. The standard InChI is InChI=1S/C11H19N3S3/c1-15-10-13-14-11(17-10)16-8-4-7-12-9-5-2-3-6-9/h9,12H,2-8H2,1H3. The molecule has 96 valence electrons. The Morgan fingerprint density at radius 3 is 2.76 bits per heavy atom. The molecule has 0 aliphatic heterocycles. The van der Waals surface area contributed by atoms with Crippen molar-refractivity contribution in [2.45, 2.75) is 46.8 Å². The van der Waals surface area contributed by atoms with Gasteiger partial charge in [-0.1, -0.05) is 47.7 Å². The van der Waals surface area contributed by atoms with Crippen molar-refractivity contribution in [3.63, 3.8) is 0 Å². The lowest BCUT2D eigenvalue weighted by Crippen LogP contribution is -2.27. The van der Waals surface area contributed by atoms with E-state index in [0.29, 0.717) is 0 Å². The van der Waals surface area contributed by atoms with Gasteiger partial charge in [0.15, 0.2) is 8.68 Å². The van der Waals surface area contributed by atoms with Crippen LogP contribution in [0.15, 0.2) is 8.68 Å². The van der Waals surface area contributed by atoms with Crippen molar-refractivity contribution >= 4 is 34.9 Å². The molecule has 1 saturated carbocycles. The second kappa shape index (κ2) is 7.61. The van der Waals surface area contributed by atoms with E-state index in [1.54, 1.807) is 23.1 Å². The highest BCUT2D eigenvalue weighted by Gasteiger charge is 2.13. The first-order valence-electron chi connectivity index (χ1n) is 6.12. The molecule has 0 saturated heterocycles. The summed E-state index contributed by atoms with van der Waals surface area (Å²) in [5, 5.41) is 11.9. The van der Waals surface area contributed by atoms with Crippen LogP contribution in [0, 0.1) is 0 Å². The second-order valence-electron chi connectivity index (χ2n) is 4.18. The number of hydrogen-bond acceptors (Lipinski definition) is 6. The third-order valence-electron chi connectivity index (χ3n) is 2.90. The molecule has 0 atom stereocenters. The summed E-state index contributed by atoms with van der Waals surface area (Å²) >= 11 is 5.20. The number of thioether (sulfide) groups is 2. The van der Waals surface area contributed by atoms with Crippen LogP contribution in [0.1, 0.15) is 32.1 Å². The van der Waals surface area contributed by atoms with E-state index in [0.717, 1.165) is 27.0 Å². The lowest BCUT2D eigenvalue weighted by molar-refractivity contribution is 0.525. The smallest absolute Gasteiger partial charge is 0.175 e. The van der Waals surface area contributed by atoms with Crippen molar-refractivity contribution in [1.82, 2.24) is 15.5 Å². The molecule has 1 aromatic rings. The van der Waals surface area contributed by atoms with Gasteiger partial charge >= 0.3 is 0 Å². The van der Waals surface area contributed by atoms with Crippen LogP contribution in [0.3, 0.4) is 0 Å². The normalized spacial score (nSPS) is 16.8. The van der Waals surface area contributed by atoms with Crippen molar-refractivity contribution in [3.8, 4) is 0 Å². The summed E-state index contributed by atoms with van der Waals surface area (Å²) in [4.78, 5) is 0. The largest absolute Gasteiger partial charge is 0.314 e. The van der Waals surface area contributed by atoms with Crippen LogP contribution >= 0.6 is 34.9 Å². The van der Waals surface area contributed by atoms with Gasteiger partial charge in [0.05, 0.1) is 0 Å². The fraction of sp³-hybridized carbons (Fsp3) is 0.818. The SMILES string of the molecule is CSc1nnc(SCCCNC2CCCC2)s1. The molecule has 0 unspecified atom stereocenters. The van der Waals surface area contributed by atoms with Crippen molar-refractivity contribution in [3.05, 3.63) is 0 Å². The van der Waals surface area contributed by atoms with Crippen molar-refractivity contribution < 1.29 is 0 Å². The topological polar surface area (TPSA) is 37.8 Å². The Kier molecular flexibility index (Phi) is 6.11. The van der Waals surface area contributed by atoms with Crippen LogP contribution in [-0.2, 0) is 0 Å². The molecule has 1 aromatic heterocycles. The third kappa shape index (κ3) is 4.77. The molecular formula is C11H19N3S3. The van der Waals surface area contributed by atoms with Gasteiger partial charge in [-0.15, -0.1) is 10.2 Å². The molecule has 1 heterocycles. The fourth-order valence-electron chi connectivity index (χ4n) is 2.01. The van der Waals surface area contributed by atoms with Gasteiger partial charge in [0, 0.05) is 11.8 Å². The lowest BCUT2D eigenvalue weighted by atomic mass is 10.2. The van der Waals surface area contributed by atoms with E-state index in [-0.39, 0.29) is 0 Å². The summed E-state index contributed by atoms with van der Waals surface area (Å²) in [6.07, 6.45) is 8.83. The average Bonchev–Trinajstić information content (AvgIpc) is 2.99. The predicted molar refractivity (Wildman–Crippen MR) is 77.3 cm³/mol. The highest BCUT2D eigenvalue weighted by molar-refractivity contribution is 8.02. The molecule has 6 heteroatoms. The van der Waals surface area contributed by atoms with E-state index in [1.165, 1.54) is 32.1 Å². The van der Waals surface area contributed by atoms with E-state index in [9.17, 15) is 0 Å². The highest BCUT2D eigenvalue weighted by Crippen LogP contribution is 2.27. The van der Waals surface area contributed by atoms with Crippen molar-refractivity contribution in [2.24, 2.45) is 0 Å². The summed E-state index contributed by atoms with van der Waals surface area (Å²) in [5.74, 6) is 1.14. The summed E-state index contributed by atoms with van der Waals surface area (Å²) < 4.78 is 2.17. The van der Waals surface area contributed by atoms with E-state index < -0.39 is 0 Å². The van der Waals surface area contributed by atoms with Crippen LogP contribution in [0.5, 0.6) is 0 Å². The fourth-order valence-corrected chi connectivity index (χ4v) is 4.45. The minimum absolute atomic E-state index is 0.796. The van der Waals surface area contributed by atoms with Gasteiger partial charge in [-0.2, -0.15) is 0 Å². The maximum atomic E-state index is 4.15. The van der Waals surface area contributed by atoms with E-state index in [4.69, 9.17) is 0 Å². The molecule has 0 radical (unpaired) electrons. The first-order chi connectivity index (χ1) is 8.38. The van der Waals surface area contributed by atoms with Gasteiger partial charge < -0.3 is 5.32 Å². The maximum Gasteiger partial charge on any atom is 0.175 e. The van der Waals surface area contributed by atoms with Gasteiger partial charge in [0.25, 0.3) is 0 Å². The molecule has 1 fully saturated rings. The third-order valence-corrected chi connectivity index (χ3v) is 6.02. The molecule has 1 aliphatic rings. The quantitative estimate of drug-likeness (QED) is 0.616. The molecule has 3 nitrogen and oxygen atoms in total. The first-order valence-corrected chi connectivity index (χ1v) is 9.15. The zero-order valence-electron chi connectivity index (χ0n) is 10.1. The highest BCUT2D eigenvalue weighted by atomic mass is 32.2. The second-order valence-corrected chi connectivity index (χ2v) is 7.55. The van der Waals surface area contributed by atoms with Crippen LogP contribution in [0.2, 0.25) is 0 Å². The molecule has 0 aromatic carbocycles. The maximum absolute atomic E-state index is 4.15. The number of aromatic nitrogens is 2. The molecular weight excluding hydrogens is 270 g/mol. The van der Waals surface area contributed by atoms with Gasteiger partial charge in [0.2, 0.25) is 0 Å². The van der Waals surface area contributed by atoms with Crippen LogP contribution < -0.4 is 5.32 Å². The van der Waals surface area contributed by atoms with E-state index in [2.05, 4.69) is 15.5 Å². The molecule has 2 rings (SSSR count). The minimum Gasteiger partial charge on any atom is -0.314 e. The number of rotatable bonds is 7. The Bertz CT molecular complexity index is 324. The molecule has 0 bridgehead atoms. The molecule has 0 spiro atoms. The summed E-state index contributed by atoms with van der Waals surface area (Å²) in [6.45, 7) is 1.14. The first kappa shape index (κ1) is 13.6. The predicted octanol–water partition coefficient (Wildman–Crippen LogP) is 3.27.